The van der Waals surface area contributed by atoms with E-state index in [0.29, 0.717) is 37.6 Å². The van der Waals surface area contributed by atoms with Crippen LogP contribution in [0.5, 0.6) is 0 Å². The van der Waals surface area contributed by atoms with Crippen LogP contribution in [-0.2, 0) is 28.1 Å². The van der Waals surface area contributed by atoms with Crippen LogP contribution < -0.4 is 10.2 Å². The van der Waals surface area contributed by atoms with Gasteiger partial charge in [0.1, 0.15) is 5.54 Å². The molecular weight excluding hydrogens is 418 g/mol. The number of nitrogens with one attached hydrogen (secondary N) is 1. The molecule has 0 spiro atoms. The van der Waals surface area contributed by atoms with Crippen molar-refractivity contribution >= 4 is 17.5 Å². The Balaban J connectivity index is 1.61. The third kappa shape index (κ3) is 6.55. The smallest absolute Gasteiger partial charge is 0.227 e. The Hall–Kier alpha value is -2.90. The Labute approximate surface area is 196 Å². The zero-order valence-electron chi connectivity index (χ0n) is 20.4. The molecule has 1 aromatic carbocycles. The van der Waals surface area contributed by atoms with Crippen LogP contribution >= 0.6 is 0 Å². The summed E-state index contributed by atoms with van der Waals surface area (Å²) in [5.41, 5.74) is 1.66. The number of hydrogen-bond acceptors (Lipinski definition) is 6. The summed E-state index contributed by atoms with van der Waals surface area (Å²) in [6.45, 7) is 4.72. The Morgan fingerprint density at radius 1 is 1.09 bits per heavy atom. The quantitative estimate of drug-likeness (QED) is 0.578. The lowest BCUT2D eigenvalue weighted by Gasteiger charge is -2.30. The fourth-order valence-electron chi connectivity index (χ4n) is 4.49. The second kappa shape index (κ2) is 11.3. The average molecular weight is 456 g/mol. The molecule has 0 unspecified atom stereocenters. The zero-order chi connectivity index (χ0) is 23.8. The highest BCUT2D eigenvalue weighted by atomic mass is 16.5. The second-order valence-corrected chi connectivity index (χ2v) is 9.16. The van der Waals surface area contributed by atoms with Gasteiger partial charge in [0.05, 0.1) is 0 Å². The largest absolute Gasteiger partial charge is 0.378 e. The van der Waals surface area contributed by atoms with E-state index in [1.54, 1.807) is 0 Å². The van der Waals surface area contributed by atoms with E-state index in [2.05, 4.69) is 44.6 Å². The summed E-state index contributed by atoms with van der Waals surface area (Å²) < 4.78 is 5.50. The molecule has 0 atom stereocenters. The van der Waals surface area contributed by atoms with E-state index in [0.717, 1.165) is 49.8 Å². The van der Waals surface area contributed by atoms with Crippen molar-refractivity contribution in [2.75, 3.05) is 25.5 Å². The molecule has 1 saturated carbocycles. The molecule has 0 saturated heterocycles. The number of nitrogens with zero attached hydrogens (tertiary/aromatic N) is 4. The minimum Gasteiger partial charge on any atom is -0.378 e. The van der Waals surface area contributed by atoms with Crippen molar-refractivity contribution in [2.24, 2.45) is 0 Å². The van der Waals surface area contributed by atoms with Crippen molar-refractivity contribution in [3.05, 3.63) is 41.5 Å². The lowest BCUT2D eigenvalue weighted by molar-refractivity contribution is -0.131. The number of amides is 2. The number of rotatable bonds is 9. The minimum atomic E-state index is -0.567. The van der Waals surface area contributed by atoms with Crippen LogP contribution in [0.3, 0.4) is 0 Å². The molecule has 0 aliphatic heterocycles. The molecule has 8 nitrogen and oxygen atoms in total. The van der Waals surface area contributed by atoms with Crippen molar-refractivity contribution in [3.8, 4) is 0 Å². The fraction of sp³-hybridized carbons (Fsp3) is 0.600. The predicted molar refractivity (Wildman–Crippen MR) is 128 cm³/mol. The minimum absolute atomic E-state index is 0.0555. The first-order valence-electron chi connectivity index (χ1n) is 12.0. The maximum absolute atomic E-state index is 12.9. The van der Waals surface area contributed by atoms with Crippen molar-refractivity contribution < 1.29 is 14.1 Å². The van der Waals surface area contributed by atoms with Gasteiger partial charge < -0.3 is 19.6 Å². The first-order chi connectivity index (χ1) is 15.8. The van der Waals surface area contributed by atoms with Gasteiger partial charge in [-0.1, -0.05) is 43.0 Å². The van der Waals surface area contributed by atoms with Gasteiger partial charge in [0, 0.05) is 52.6 Å². The molecule has 1 heterocycles. The van der Waals surface area contributed by atoms with Gasteiger partial charge in [0.2, 0.25) is 17.7 Å². The van der Waals surface area contributed by atoms with E-state index in [1.165, 1.54) is 6.92 Å². The van der Waals surface area contributed by atoms with Crippen molar-refractivity contribution in [1.29, 1.82) is 0 Å². The SMILES string of the molecule is CCN(Cc1ccc(N(C)C)cc1)C(=O)CCc1nc(C2(NC(C)=O)CCCCCC2)no1. The van der Waals surface area contributed by atoms with Gasteiger partial charge in [-0.3, -0.25) is 9.59 Å². The Bertz CT molecular complexity index is 914. The number of anilines is 1. The maximum atomic E-state index is 12.9. The molecule has 0 radical (unpaired) electrons. The van der Waals surface area contributed by atoms with Crippen molar-refractivity contribution in [2.45, 2.75) is 77.3 Å². The van der Waals surface area contributed by atoms with Crippen LogP contribution in [-0.4, -0.2) is 47.5 Å². The summed E-state index contributed by atoms with van der Waals surface area (Å²) in [4.78, 5) is 33.2. The van der Waals surface area contributed by atoms with E-state index in [9.17, 15) is 9.59 Å². The fourth-order valence-corrected chi connectivity index (χ4v) is 4.49. The molecule has 1 fully saturated rings. The molecule has 0 bridgehead atoms. The van der Waals surface area contributed by atoms with Crippen LogP contribution in [0, 0.1) is 0 Å². The van der Waals surface area contributed by atoms with Crippen LogP contribution in [0.1, 0.15) is 76.1 Å². The first kappa shape index (κ1) is 24.7. The van der Waals surface area contributed by atoms with Gasteiger partial charge in [0.25, 0.3) is 0 Å². The summed E-state index contributed by atoms with van der Waals surface area (Å²) in [5.74, 6) is 0.949. The molecule has 1 aliphatic rings. The molecule has 33 heavy (non-hydrogen) atoms. The summed E-state index contributed by atoms with van der Waals surface area (Å²) >= 11 is 0. The van der Waals surface area contributed by atoms with E-state index in [4.69, 9.17) is 4.52 Å². The van der Waals surface area contributed by atoms with E-state index in [1.807, 2.05) is 25.9 Å². The van der Waals surface area contributed by atoms with Gasteiger partial charge in [-0.25, -0.2) is 0 Å². The summed E-state index contributed by atoms with van der Waals surface area (Å²) in [5, 5.41) is 7.30. The number of hydrogen-bond donors (Lipinski definition) is 1. The maximum Gasteiger partial charge on any atom is 0.227 e. The third-order valence-corrected chi connectivity index (χ3v) is 6.38. The lowest BCUT2D eigenvalue weighted by atomic mass is 9.89. The van der Waals surface area contributed by atoms with Crippen LogP contribution in [0.4, 0.5) is 5.69 Å². The van der Waals surface area contributed by atoms with Gasteiger partial charge >= 0.3 is 0 Å². The van der Waals surface area contributed by atoms with Crippen LogP contribution in [0.15, 0.2) is 28.8 Å². The number of aromatic nitrogens is 2. The van der Waals surface area contributed by atoms with E-state index in [-0.39, 0.29) is 11.8 Å². The molecule has 1 aromatic heterocycles. The third-order valence-electron chi connectivity index (χ3n) is 6.38. The molecule has 180 valence electrons. The topological polar surface area (TPSA) is 91.6 Å². The van der Waals surface area contributed by atoms with E-state index >= 15 is 0 Å². The monoisotopic (exact) mass is 455 g/mol. The highest BCUT2D eigenvalue weighted by Crippen LogP contribution is 2.34. The second-order valence-electron chi connectivity index (χ2n) is 9.16. The predicted octanol–water partition coefficient (Wildman–Crippen LogP) is 3.80. The molecule has 2 aromatic rings. The van der Waals surface area contributed by atoms with Gasteiger partial charge in [-0.2, -0.15) is 4.98 Å². The van der Waals surface area contributed by atoms with Crippen LogP contribution in [0.25, 0.3) is 0 Å². The Morgan fingerprint density at radius 3 is 2.33 bits per heavy atom. The zero-order valence-corrected chi connectivity index (χ0v) is 20.4. The van der Waals surface area contributed by atoms with Gasteiger partial charge in [-0.05, 0) is 37.5 Å². The summed E-state index contributed by atoms with van der Waals surface area (Å²) in [7, 11) is 4.02. The van der Waals surface area contributed by atoms with Crippen molar-refractivity contribution in [1.82, 2.24) is 20.4 Å². The normalized spacial score (nSPS) is 15.5. The molecule has 1 N–H and O–H groups in total. The number of benzene rings is 1. The average Bonchev–Trinajstić information content (AvgIpc) is 3.16. The van der Waals surface area contributed by atoms with E-state index < -0.39 is 5.54 Å². The molecule has 1 aliphatic carbocycles. The molecular formula is C25H37N5O3. The number of carbonyl (C=O) groups is 2. The van der Waals surface area contributed by atoms with Gasteiger partial charge in [-0.15, -0.1) is 0 Å². The standard InChI is InChI=1S/C25H37N5O3/c1-5-30(18-20-10-12-21(13-11-20)29(3)4)23(32)15-14-22-26-24(28-33-22)25(27-19(2)31)16-8-6-7-9-17-25/h10-13H,5-9,14-18H2,1-4H3,(H,27,31). The Kier molecular flexibility index (Phi) is 8.47. The van der Waals surface area contributed by atoms with Gasteiger partial charge in [0.15, 0.2) is 5.82 Å². The number of aryl methyl sites for hydroxylation is 1. The van der Waals surface area contributed by atoms with Crippen LogP contribution in [0.2, 0.25) is 0 Å². The lowest BCUT2D eigenvalue weighted by Crippen LogP contribution is -2.45. The van der Waals surface area contributed by atoms with Crippen molar-refractivity contribution in [3.63, 3.8) is 0 Å². The molecule has 3 rings (SSSR count). The summed E-state index contributed by atoms with van der Waals surface area (Å²) in [6, 6.07) is 8.24. The summed E-state index contributed by atoms with van der Waals surface area (Å²) in [6.07, 6.45) is 6.63. The molecule has 2 amide bonds. The number of carbonyl (C=O) groups excluding carboxylic acids is 2. The highest BCUT2D eigenvalue weighted by Gasteiger charge is 2.38. The molecule has 8 heteroatoms. The Morgan fingerprint density at radius 2 is 1.76 bits per heavy atom. The highest BCUT2D eigenvalue weighted by molar-refractivity contribution is 5.76. The first-order valence-corrected chi connectivity index (χ1v) is 12.0.